The first-order chi connectivity index (χ1) is 14.6. The van der Waals surface area contributed by atoms with Crippen molar-refractivity contribution in [2.24, 2.45) is 5.92 Å². The highest BCUT2D eigenvalue weighted by atomic mass is 19.1. The molecule has 0 atom stereocenters. The van der Waals surface area contributed by atoms with Crippen molar-refractivity contribution >= 4 is 17.4 Å². The van der Waals surface area contributed by atoms with E-state index in [1.165, 1.54) is 11.6 Å². The molecule has 2 heterocycles. The predicted molar refractivity (Wildman–Crippen MR) is 111 cm³/mol. The Morgan fingerprint density at radius 3 is 2.43 bits per heavy atom. The molecule has 2 aromatic carbocycles. The summed E-state index contributed by atoms with van der Waals surface area (Å²) in [6.45, 7) is 1.77. The van der Waals surface area contributed by atoms with Crippen LogP contribution in [0.1, 0.15) is 28.9 Å². The maximum absolute atomic E-state index is 13.7. The summed E-state index contributed by atoms with van der Waals surface area (Å²) < 4.78 is 26.7. The normalized spacial score (nSPS) is 14.5. The minimum absolute atomic E-state index is 0.0708. The molecule has 0 saturated carbocycles. The molecule has 154 valence electrons. The van der Waals surface area contributed by atoms with Crippen LogP contribution in [0, 0.1) is 17.6 Å². The maximum atomic E-state index is 13.7. The zero-order valence-electron chi connectivity index (χ0n) is 16.4. The molecule has 0 bridgehead atoms. The third kappa shape index (κ3) is 4.79. The van der Waals surface area contributed by atoms with Crippen molar-refractivity contribution in [3.63, 3.8) is 0 Å². The summed E-state index contributed by atoms with van der Waals surface area (Å²) >= 11 is 0. The van der Waals surface area contributed by atoms with Crippen molar-refractivity contribution in [3.05, 3.63) is 83.6 Å². The second-order valence-corrected chi connectivity index (χ2v) is 7.48. The Morgan fingerprint density at radius 1 is 1.00 bits per heavy atom. The predicted octanol–water partition coefficient (Wildman–Crippen LogP) is 4.47. The first-order valence-corrected chi connectivity index (χ1v) is 9.97. The van der Waals surface area contributed by atoms with E-state index >= 15 is 0 Å². The van der Waals surface area contributed by atoms with E-state index in [2.05, 4.69) is 44.7 Å². The number of amides is 1. The minimum Gasteiger partial charge on any atom is -0.355 e. The van der Waals surface area contributed by atoms with Crippen LogP contribution in [0.15, 0.2) is 60.7 Å². The van der Waals surface area contributed by atoms with Crippen LogP contribution in [0.2, 0.25) is 0 Å². The van der Waals surface area contributed by atoms with Gasteiger partial charge in [-0.15, -0.1) is 10.2 Å². The first-order valence-electron chi connectivity index (χ1n) is 9.97. The molecule has 5 nitrogen and oxygen atoms in total. The van der Waals surface area contributed by atoms with E-state index < -0.39 is 17.5 Å². The van der Waals surface area contributed by atoms with E-state index in [1.54, 1.807) is 12.1 Å². The monoisotopic (exact) mass is 408 g/mol. The molecule has 3 aromatic rings. The Labute approximate surface area is 173 Å². The number of nitrogens with one attached hydrogen (secondary N) is 1. The number of piperidine rings is 1. The van der Waals surface area contributed by atoms with Crippen molar-refractivity contribution in [1.29, 1.82) is 0 Å². The van der Waals surface area contributed by atoms with Crippen LogP contribution in [0.25, 0.3) is 0 Å². The third-order valence-electron chi connectivity index (χ3n) is 5.37. The van der Waals surface area contributed by atoms with Crippen LogP contribution in [-0.4, -0.2) is 29.2 Å². The van der Waals surface area contributed by atoms with Crippen molar-refractivity contribution in [2.75, 3.05) is 23.3 Å². The Bertz CT molecular complexity index is 1000. The summed E-state index contributed by atoms with van der Waals surface area (Å²) in [6.07, 6.45) is 3.23. The van der Waals surface area contributed by atoms with Gasteiger partial charge in [-0.25, -0.2) is 8.78 Å². The molecular weight excluding hydrogens is 386 g/mol. The smallest absolute Gasteiger partial charge is 0.276 e. The molecule has 0 aliphatic carbocycles. The molecule has 4 rings (SSSR count). The Balaban J connectivity index is 1.33. The van der Waals surface area contributed by atoms with Gasteiger partial charge >= 0.3 is 0 Å². The number of hydrogen-bond donors (Lipinski definition) is 1. The van der Waals surface area contributed by atoms with Crippen LogP contribution < -0.4 is 10.2 Å². The maximum Gasteiger partial charge on any atom is 0.276 e. The molecule has 1 aliphatic rings. The molecule has 0 unspecified atom stereocenters. The zero-order chi connectivity index (χ0) is 20.9. The molecule has 0 radical (unpaired) electrons. The summed E-state index contributed by atoms with van der Waals surface area (Å²) in [5.74, 6) is -0.778. The van der Waals surface area contributed by atoms with Gasteiger partial charge in [0, 0.05) is 19.2 Å². The van der Waals surface area contributed by atoms with E-state index in [0.29, 0.717) is 12.0 Å². The summed E-state index contributed by atoms with van der Waals surface area (Å²) in [4.78, 5) is 14.4. The SMILES string of the molecule is O=C(Nc1ccc(F)cc1F)c1ccc(N2CCC(Cc3ccccc3)CC2)nn1. The zero-order valence-corrected chi connectivity index (χ0v) is 16.4. The molecule has 30 heavy (non-hydrogen) atoms. The van der Waals surface area contributed by atoms with Crippen molar-refractivity contribution < 1.29 is 13.6 Å². The van der Waals surface area contributed by atoms with Crippen LogP contribution >= 0.6 is 0 Å². The van der Waals surface area contributed by atoms with Gasteiger partial charge in [0.2, 0.25) is 0 Å². The van der Waals surface area contributed by atoms with Crippen molar-refractivity contribution in [1.82, 2.24) is 10.2 Å². The van der Waals surface area contributed by atoms with Gasteiger partial charge in [0.05, 0.1) is 5.69 Å². The molecule has 1 amide bonds. The lowest BCUT2D eigenvalue weighted by Crippen LogP contribution is -2.35. The van der Waals surface area contributed by atoms with Crippen LogP contribution in [-0.2, 0) is 6.42 Å². The van der Waals surface area contributed by atoms with Crippen LogP contribution in [0.4, 0.5) is 20.3 Å². The number of carbonyl (C=O) groups is 1. The van der Waals surface area contributed by atoms with Crippen LogP contribution in [0.3, 0.4) is 0 Å². The number of halogens is 2. The van der Waals surface area contributed by atoms with Gasteiger partial charge in [0.15, 0.2) is 11.5 Å². The lowest BCUT2D eigenvalue weighted by molar-refractivity contribution is 0.102. The number of carbonyl (C=O) groups excluding carboxylic acids is 1. The number of benzene rings is 2. The van der Waals surface area contributed by atoms with Crippen molar-refractivity contribution in [2.45, 2.75) is 19.3 Å². The van der Waals surface area contributed by atoms with E-state index in [9.17, 15) is 13.6 Å². The van der Waals surface area contributed by atoms with Gasteiger partial charge in [-0.1, -0.05) is 30.3 Å². The average molecular weight is 408 g/mol. The van der Waals surface area contributed by atoms with Gasteiger partial charge in [-0.05, 0) is 55.0 Å². The summed E-state index contributed by atoms with van der Waals surface area (Å²) in [5.41, 5.74) is 1.33. The van der Waals surface area contributed by atoms with Crippen LogP contribution in [0.5, 0.6) is 0 Å². The number of nitrogens with zero attached hydrogens (tertiary/aromatic N) is 3. The minimum atomic E-state index is -0.841. The van der Waals surface area contributed by atoms with E-state index in [1.807, 2.05) is 6.07 Å². The molecule has 0 spiro atoms. The third-order valence-corrected chi connectivity index (χ3v) is 5.37. The standard InChI is InChI=1S/C23H22F2N4O/c24-18-6-7-20(19(25)15-18)26-23(30)21-8-9-22(28-27-21)29-12-10-17(11-13-29)14-16-4-2-1-3-5-16/h1-9,15,17H,10-14H2,(H,26,30). The highest BCUT2D eigenvalue weighted by Gasteiger charge is 2.21. The Kier molecular flexibility index (Phi) is 5.97. The number of aromatic nitrogens is 2. The summed E-state index contributed by atoms with van der Waals surface area (Å²) in [6, 6.07) is 16.8. The number of hydrogen-bond acceptors (Lipinski definition) is 4. The van der Waals surface area contributed by atoms with Gasteiger partial charge in [-0.2, -0.15) is 0 Å². The molecule has 1 aliphatic heterocycles. The molecule has 1 fully saturated rings. The Morgan fingerprint density at radius 2 is 1.77 bits per heavy atom. The van der Waals surface area contributed by atoms with Gasteiger partial charge in [0.1, 0.15) is 11.6 Å². The lowest BCUT2D eigenvalue weighted by atomic mass is 9.90. The largest absolute Gasteiger partial charge is 0.355 e. The van der Waals surface area contributed by atoms with E-state index in [4.69, 9.17) is 0 Å². The molecular formula is C23H22F2N4O. The Hall–Kier alpha value is -3.35. The van der Waals surface area contributed by atoms with E-state index in [0.717, 1.165) is 44.2 Å². The lowest BCUT2D eigenvalue weighted by Gasteiger charge is -2.32. The topological polar surface area (TPSA) is 58.1 Å². The second kappa shape index (κ2) is 8.98. The molecule has 1 aromatic heterocycles. The first kappa shape index (κ1) is 19.9. The second-order valence-electron chi connectivity index (χ2n) is 7.48. The highest BCUT2D eigenvalue weighted by molar-refractivity contribution is 6.02. The van der Waals surface area contributed by atoms with Crippen molar-refractivity contribution in [3.8, 4) is 0 Å². The van der Waals surface area contributed by atoms with Gasteiger partial charge < -0.3 is 10.2 Å². The van der Waals surface area contributed by atoms with Gasteiger partial charge in [0.25, 0.3) is 5.91 Å². The number of rotatable bonds is 5. The average Bonchev–Trinajstić information content (AvgIpc) is 2.77. The summed E-state index contributed by atoms with van der Waals surface area (Å²) in [5, 5.41) is 10.5. The van der Waals surface area contributed by atoms with Gasteiger partial charge in [-0.3, -0.25) is 4.79 Å². The highest BCUT2D eigenvalue weighted by Crippen LogP contribution is 2.24. The molecule has 1 saturated heterocycles. The molecule has 1 N–H and O–H groups in total. The quantitative estimate of drug-likeness (QED) is 0.677. The molecule has 7 heteroatoms. The summed E-state index contributed by atoms with van der Waals surface area (Å²) in [7, 11) is 0. The fraction of sp³-hybridized carbons (Fsp3) is 0.261. The fourth-order valence-electron chi connectivity index (χ4n) is 3.71. The van der Waals surface area contributed by atoms with E-state index in [-0.39, 0.29) is 11.4 Å². The fourth-order valence-corrected chi connectivity index (χ4v) is 3.71. The number of anilines is 2.